The van der Waals surface area contributed by atoms with Crippen molar-refractivity contribution in [2.24, 2.45) is 4.99 Å². The van der Waals surface area contributed by atoms with Gasteiger partial charge < -0.3 is 5.32 Å². The molecule has 0 bridgehead atoms. The highest BCUT2D eigenvalue weighted by molar-refractivity contribution is 7.99. The minimum atomic E-state index is -0.0973. The van der Waals surface area contributed by atoms with Gasteiger partial charge in [-0.15, -0.1) is 5.10 Å². The number of nitrogens with zero attached hydrogens (tertiary/aromatic N) is 3. The molecule has 0 spiro atoms. The van der Waals surface area contributed by atoms with E-state index in [4.69, 9.17) is 11.6 Å². The topological polar surface area (TPSA) is 83.0 Å². The van der Waals surface area contributed by atoms with E-state index in [1.54, 1.807) is 6.08 Å². The zero-order chi connectivity index (χ0) is 16.9. The summed E-state index contributed by atoms with van der Waals surface area (Å²) in [6.07, 6.45) is 3.71. The number of aromatic nitrogens is 3. The fourth-order valence-electron chi connectivity index (χ4n) is 2.30. The van der Waals surface area contributed by atoms with Gasteiger partial charge in [-0.2, -0.15) is 0 Å². The fraction of sp³-hybridized carbons (Fsp3) is 0.250. The van der Waals surface area contributed by atoms with Crippen LogP contribution >= 0.6 is 23.4 Å². The van der Waals surface area contributed by atoms with Gasteiger partial charge in [0.05, 0.1) is 17.7 Å². The third kappa shape index (κ3) is 4.24. The van der Waals surface area contributed by atoms with E-state index >= 15 is 0 Å². The molecule has 8 heteroatoms. The molecular weight excluding hydrogens is 346 g/mol. The van der Waals surface area contributed by atoms with Crippen LogP contribution in [0.15, 0.2) is 52.6 Å². The number of hydrogen-bond acceptors (Lipinski definition) is 5. The monoisotopic (exact) mass is 361 g/mol. The van der Waals surface area contributed by atoms with Gasteiger partial charge >= 0.3 is 0 Å². The fourth-order valence-corrected chi connectivity index (χ4v) is 3.13. The molecule has 1 aromatic carbocycles. The largest absolute Gasteiger partial charge is 0.325 e. The lowest BCUT2D eigenvalue weighted by Crippen LogP contribution is -2.17. The van der Waals surface area contributed by atoms with Crippen molar-refractivity contribution in [2.75, 3.05) is 11.1 Å². The number of benzene rings is 1. The molecule has 0 fully saturated rings. The Hall–Kier alpha value is -2.12. The summed E-state index contributed by atoms with van der Waals surface area (Å²) in [5.74, 6) is 0.872. The maximum absolute atomic E-state index is 11.9. The number of dihydropyridines is 1. The van der Waals surface area contributed by atoms with Crippen molar-refractivity contribution >= 4 is 40.1 Å². The highest BCUT2D eigenvalue weighted by Crippen LogP contribution is 2.26. The molecule has 1 aromatic heterocycles. The van der Waals surface area contributed by atoms with Crippen molar-refractivity contribution in [3.63, 3.8) is 0 Å². The molecular formula is C16H16ClN5OS. The van der Waals surface area contributed by atoms with E-state index in [0.29, 0.717) is 10.3 Å². The Morgan fingerprint density at radius 3 is 2.92 bits per heavy atom. The van der Waals surface area contributed by atoms with Crippen molar-refractivity contribution in [1.29, 1.82) is 0 Å². The predicted molar refractivity (Wildman–Crippen MR) is 96.8 cm³/mol. The zero-order valence-electron chi connectivity index (χ0n) is 12.9. The predicted octanol–water partition coefficient (Wildman–Crippen LogP) is 3.21. The zero-order valence-corrected chi connectivity index (χ0v) is 14.5. The van der Waals surface area contributed by atoms with Gasteiger partial charge in [0, 0.05) is 5.69 Å². The first kappa shape index (κ1) is 16.7. The van der Waals surface area contributed by atoms with E-state index in [0.717, 1.165) is 11.5 Å². The van der Waals surface area contributed by atoms with E-state index in [2.05, 4.69) is 25.5 Å². The van der Waals surface area contributed by atoms with Crippen molar-refractivity contribution in [2.45, 2.75) is 24.0 Å². The van der Waals surface area contributed by atoms with Crippen molar-refractivity contribution in [1.82, 2.24) is 15.2 Å². The van der Waals surface area contributed by atoms with Gasteiger partial charge in [0.15, 0.2) is 0 Å². The van der Waals surface area contributed by atoms with Crippen molar-refractivity contribution in [3.8, 4) is 0 Å². The van der Waals surface area contributed by atoms with E-state index in [1.165, 1.54) is 11.8 Å². The van der Waals surface area contributed by atoms with Crippen LogP contribution in [0.3, 0.4) is 0 Å². The Bertz CT molecular complexity index is 774. The van der Waals surface area contributed by atoms with Crippen LogP contribution in [0, 0.1) is 0 Å². The molecule has 2 aromatic rings. The Morgan fingerprint density at radius 2 is 2.17 bits per heavy atom. The summed E-state index contributed by atoms with van der Waals surface area (Å²) in [5.41, 5.74) is 0.773. The Labute approximate surface area is 148 Å². The molecule has 0 aliphatic carbocycles. The van der Waals surface area contributed by atoms with Gasteiger partial charge in [-0.25, -0.2) is 4.98 Å². The molecule has 24 heavy (non-hydrogen) atoms. The second-order valence-electron chi connectivity index (χ2n) is 5.28. The lowest BCUT2D eigenvalue weighted by molar-refractivity contribution is -0.113. The van der Waals surface area contributed by atoms with Crippen LogP contribution in [-0.4, -0.2) is 38.1 Å². The van der Waals surface area contributed by atoms with E-state index in [1.807, 2.05) is 43.3 Å². The highest BCUT2D eigenvalue weighted by Gasteiger charge is 2.23. The summed E-state index contributed by atoms with van der Waals surface area (Å²) in [7, 11) is 0. The first-order chi connectivity index (χ1) is 11.6. The first-order valence-electron chi connectivity index (χ1n) is 7.43. The third-order valence-electron chi connectivity index (χ3n) is 3.48. The molecule has 2 heterocycles. The van der Waals surface area contributed by atoms with Crippen LogP contribution in [-0.2, 0) is 4.79 Å². The highest BCUT2D eigenvalue weighted by atomic mass is 35.5. The number of hydrogen-bond donors (Lipinski definition) is 2. The molecule has 1 aliphatic heterocycles. The summed E-state index contributed by atoms with van der Waals surface area (Å²) >= 11 is 7.17. The summed E-state index contributed by atoms with van der Waals surface area (Å²) < 4.78 is 0. The molecule has 124 valence electrons. The van der Waals surface area contributed by atoms with Gasteiger partial charge in [0.25, 0.3) is 0 Å². The van der Waals surface area contributed by atoms with Crippen LogP contribution in [0.1, 0.15) is 18.7 Å². The normalized spacial score (nSPS) is 19.8. The molecule has 2 unspecified atom stereocenters. The average molecular weight is 362 g/mol. The van der Waals surface area contributed by atoms with Gasteiger partial charge in [-0.05, 0) is 25.1 Å². The van der Waals surface area contributed by atoms with E-state index in [9.17, 15) is 4.79 Å². The second-order valence-corrected chi connectivity index (χ2v) is 6.61. The number of aromatic amines is 1. The maximum Gasteiger partial charge on any atom is 0.234 e. The second kappa shape index (κ2) is 7.63. The lowest BCUT2D eigenvalue weighted by atomic mass is 9.99. The molecule has 0 saturated carbocycles. The number of anilines is 1. The van der Waals surface area contributed by atoms with E-state index < -0.39 is 0 Å². The van der Waals surface area contributed by atoms with Crippen molar-refractivity contribution < 1.29 is 4.79 Å². The number of thioether (sulfide) groups is 1. The van der Waals surface area contributed by atoms with Crippen molar-refractivity contribution in [3.05, 3.63) is 48.3 Å². The number of para-hydroxylation sites is 1. The Balaban J connectivity index is 1.55. The number of H-pyrrole nitrogens is 1. The number of aliphatic imine (C=N–C) groups is 1. The molecule has 6 nitrogen and oxygen atoms in total. The third-order valence-corrected chi connectivity index (χ3v) is 4.55. The van der Waals surface area contributed by atoms with Crippen LogP contribution in [0.4, 0.5) is 5.69 Å². The first-order valence-corrected chi connectivity index (χ1v) is 8.79. The molecule has 0 radical (unpaired) electrons. The van der Waals surface area contributed by atoms with Gasteiger partial charge in [0.1, 0.15) is 11.0 Å². The summed E-state index contributed by atoms with van der Waals surface area (Å²) in [4.78, 5) is 20.7. The number of rotatable bonds is 5. The van der Waals surface area contributed by atoms with Gasteiger partial charge in [-0.3, -0.25) is 14.9 Å². The number of carbonyl (C=O) groups excluding carboxylic acids is 1. The summed E-state index contributed by atoms with van der Waals surface area (Å²) in [5, 5.41) is 10.9. The molecule has 1 amide bonds. The smallest absolute Gasteiger partial charge is 0.234 e. The average Bonchev–Trinajstić information content (AvgIpc) is 3.02. The van der Waals surface area contributed by atoms with Crippen LogP contribution in [0.2, 0.25) is 0 Å². The molecule has 2 N–H and O–H groups in total. The molecule has 0 saturated heterocycles. The summed E-state index contributed by atoms with van der Waals surface area (Å²) in [6.45, 7) is 1.97. The van der Waals surface area contributed by atoms with Gasteiger partial charge in [0.2, 0.25) is 11.1 Å². The Morgan fingerprint density at radius 1 is 1.38 bits per heavy atom. The number of halogens is 1. The standard InChI is InChI=1S/C16H16ClN5OS/c1-10-12(7-8-13(17)18-10)15-20-16(22-21-15)24-9-14(23)19-11-5-3-2-4-6-11/h2-8,10,12H,9H2,1H3,(H,19,23)(H,20,21,22). The SMILES string of the molecule is CC1N=C(Cl)C=CC1c1nc(SCC(=O)Nc2ccccc2)n[nH]1. The van der Waals surface area contributed by atoms with Crippen LogP contribution < -0.4 is 5.32 Å². The number of carbonyl (C=O) groups is 1. The van der Waals surface area contributed by atoms with E-state index in [-0.39, 0.29) is 23.6 Å². The minimum Gasteiger partial charge on any atom is -0.325 e. The minimum absolute atomic E-state index is 0.00493. The number of allylic oxidation sites excluding steroid dienone is 1. The summed E-state index contributed by atoms with van der Waals surface area (Å²) in [6, 6.07) is 9.33. The van der Waals surface area contributed by atoms with Crippen LogP contribution in [0.25, 0.3) is 0 Å². The number of amides is 1. The molecule has 3 rings (SSSR count). The van der Waals surface area contributed by atoms with Crippen LogP contribution in [0.5, 0.6) is 0 Å². The lowest BCUT2D eigenvalue weighted by Gasteiger charge is -2.17. The van der Waals surface area contributed by atoms with Gasteiger partial charge in [-0.1, -0.05) is 47.6 Å². The number of nitrogens with one attached hydrogen (secondary N) is 2. The molecule has 1 aliphatic rings. The quantitative estimate of drug-likeness (QED) is 0.801. The maximum atomic E-state index is 11.9. The Kier molecular flexibility index (Phi) is 5.32. The molecule has 2 atom stereocenters.